The van der Waals surface area contributed by atoms with E-state index in [1.165, 1.54) is 31.7 Å². The molecule has 0 N–H and O–H groups in total. The summed E-state index contributed by atoms with van der Waals surface area (Å²) in [6.45, 7) is 0.988. The molecule has 2 aliphatic rings. The van der Waals surface area contributed by atoms with Gasteiger partial charge in [-0.3, -0.25) is 0 Å². The summed E-state index contributed by atoms with van der Waals surface area (Å²) in [7, 11) is 0. The number of rotatable bonds is 6. The molecule has 0 atom stereocenters. The fraction of sp³-hybridized carbons (Fsp3) is 0.588. The summed E-state index contributed by atoms with van der Waals surface area (Å²) in [5.41, 5.74) is 1.82. The lowest BCUT2D eigenvalue weighted by Gasteiger charge is -2.18. The van der Waals surface area contributed by atoms with Crippen molar-refractivity contribution in [2.75, 3.05) is 5.88 Å². The predicted molar refractivity (Wildman–Crippen MR) is 83.1 cm³/mol. The van der Waals surface area contributed by atoms with Gasteiger partial charge < -0.3 is 4.57 Å². The van der Waals surface area contributed by atoms with Gasteiger partial charge in [-0.2, -0.15) is 0 Å². The Hall–Kier alpha value is -1.09. The minimum atomic E-state index is -0.185. The van der Waals surface area contributed by atoms with Crippen LogP contribution in [0.3, 0.4) is 0 Å². The second-order valence-corrected chi connectivity index (χ2v) is 6.93. The zero-order valence-corrected chi connectivity index (χ0v) is 12.8. The third-order valence-corrected chi connectivity index (χ3v) is 5.14. The molecule has 1 aromatic heterocycles. The van der Waals surface area contributed by atoms with Crippen LogP contribution in [0.5, 0.6) is 0 Å². The number of halogens is 2. The molecule has 0 spiro atoms. The third kappa shape index (κ3) is 2.68. The SMILES string of the molecule is Fc1ccc2nc(CCCl)n(CC(C3CC3)C3CC3)c2c1. The van der Waals surface area contributed by atoms with Crippen LogP contribution in [-0.2, 0) is 13.0 Å². The van der Waals surface area contributed by atoms with Crippen molar-refractivity contribution in [2.45, 2.75) is 38.6 Å². The second-order valence-electron chi connectivity index (χ2n) is 6.55. The molecule has 0 aliphatic heterocycles. The van der Waals surface area contributed by atoms with Gasteiger partial charge in [-0.1, -0.05) is 0 Å². The molecule has 0 radical (unpaired) electrons. The Kier molecular flexibility index (Phi) is 3.41. The molecular formula is C17H20ClFN2. The van der Waals surface area contributed by atoms with Crippen LogP contribution >= 0.6 is 11.6 Å². The van der Waals surface area contributed by atoms with Gasteiger partial charge >= 0.3 is 0 Å². The van der Waals surface area contributed by atoms with E-state index in [2.05, 4.69) is 9.55 Å². The van der Waals surface area contributed by atoms with Crippen molar-refractivity contribution in [2.24, 2.45) is 17.8 Å². The van der Waals surface area contributed by atoms with Crippen molar-refractivity contribution in [3.63, 3.8) is 0 Å². The molecule has 2 saturated carbocycles. The molecule has 0 amide bonds. The van der Waals surface area contributed by atoms with Crippen molar-refractivity contribution >= 4 is 22.6 Å². The Morgan fingerprint density at radius 1 is 1.24 bits per heavy atom. The molecule has 2 aromatic rings. The largest absolute Gasteiger partial charge is 0.328 e. The van der Waals surface area contributed by atoms with Crippen molar-refractivity contribution in [1.82, 2.24) is 9.55 Å². The Morgan fingerprint density at radius 3 is 2.57 bits per heavy atom. The summed E-state index contributed by atoms with van der Waals surface area (Å²) in [5, 5.41) is 0. The number of hydrogen-bond acceptors (Lipinski definition) is 1. The molecule has 21 heavy (non-hydrogen) atoms. The average molecular weight is 307 g/mol. The highest BCUT2D eigenvalue weighted by molar-refractivity contribution is 6.17. The lowest BCUT2D eigenvalue weighted by Crippen LogP contribution is -2.17. The smallest absolute Gasteiger partial charge is 0.125 e. The van der Waals surface area contributed by atoms with E-state index < -0.39 is 0 Å². The van der Waals surface area contributed by atoms with Crippen molar-refractivity contribution in [1.29, 1.82) is 0 Å². The molecule has 2 aliphatic carbocycles. The van der Waals surface area contributed by atoms with Crippen LogP contribution in [0.2, 0.25) is 0 Å². The molecule has 0 bridgehead atoms. The highest BCUT2D eigenvalue weighted by atomic mass is 35.5. The maximum Gasteiger partial charge on any atom is 0.125 e. The van der Waals surface area contributed by atoms with Gasteiger partial charge in [0.1, 0.15) is 11.6 Å². The molecule has 112 valence electrons. The topological polar surface area (TPSA) is 17.8 Å². The molecule has 0 saturated heterocycles. The fourth-order valence-corrected chi connectivity index (χ4v) is 3.74. The summed E-state index contributed by atoms with van der Waals surface area (Å²) < 4.78 is 15.9. The Balaban J connectivity index is 1.73. The summed E-state index contributed by atoms with van der Waals surface area (Å²) in [5.74, 6) is 3.90. The molecule has 0 unspecified atom stereocenters. The van der Waals surface area contributed by atoms with E-state index in [4.69, 9.17) is 11.6 Å². The van der Waals surface area contributed by atoms with Gasteiger partial charge in [0.05, 0.1) is 11.0 Å². The normalized spacial score (nSPS) is 18.8. The first kappa shape index (κ1) is 13.6. The summed E-state index contributed by atoms with van der Waals surface area (Å²) >= 11 is 5.93. The molecule has 2 fully saturated rings. The highest BCUT2D eigenvalue weighted by Crippen LogP contribution is 2.50. The van der Waals surface area contributed by atoms with Crippen LogP contribution in [0.4, 0.5) is 4.39 Å². The maximum absolute atomic E-state index is 13.6. The number of alkyl halides is 1. The zero-order chi connectivity index (χ0) is 14.4. The first-order chi connectivity index (χ1) is 10.3. The lowest BCUT2D eigenvalue weighted by atomic mass is 9.97. The highest BCUT2D eigenvalue weighted by Gasteiger charge is 2.41. The zero-order valence-electron chi connectivity index (χ0n) is 12.1. The van der Waals surface area contributed by atoms with Crippen molar-refractivity contribution < 1.29 is 4.39 Å². The van der Waals surface area contributed by atoms with Crippen LogP contribution in [-0.4, -0.2) is 15.4 Å². The van der Waals surface area contributed by atoms with E-state index in [1.54, 1.807) is 12.1 Å². The number of aryl methyl sites for hydroxylation is 1. The van der Waals surface area contributed by atoms with E-state index in [0.717, 1.165) is 47.6 Å². The third-order valence-electron chi connectivity index (χ3n) is 4.96. The number of fused-ring (bicyclic) bond motifs is 1. The van der Waals surface area contributed by atoms with Crippen molar-refractivity contribution in [3.8, 4) is 0 Å². The predicted octanol–water partition coefficient (Wildman–Crippen LogP) is 4.39. The molecular weight excluding hydrogens is 287 g/mol. The second kappa shape index (κ2) is 5.28. The molecule has 4 heteroatoms. The van der Waals surface area contributed by atoms with E-state index in [-0.39, 0.29) is 5.82 Å². The van der Waals surface area contributed by atoms with E-state index in [0.29, 0.717) is 5.88 Å². The minimum Gasteiger partial charge on any atom is -0.328 e. The van der Waals surface area contributed by atoms with Gasteiger partial charge in [0.2, 0.25) is 0 Å². The Labute approximate surface area is 129 Å². The number of aromatic nitrogens is 2. The molecule has 1 aromatic carbocycles. The van der Waals surface area contributed by atoms with Gasteiger partial charge in [0, 0.05) is 18.8 Å². The summed E-state index contributed by atoms with van der Waals surface area (Å²) in [6, 6.07) is 4.89. The molecule has 2 nitrogen and oxygen atoms in total. The van der Waals surface area contributed by atoms with E-state index in [9.17, 15) is 4.39 Å². The summed E-state index contributed by atoms with van der Waals surface area (Å²) in [6.07, 6.45) is 6.22. The quantitative estimate of drug-likeness (QED) is 0.724. The van der Waals surface area contributed by atoms with E-state index in [1.807, 2.05) is 0 Å². The van der Waals surface area contributed by atoms with Gasteiger partial charge in [-0.15, -0.1) is 11.6 Å². The minimum absolute atomic E-state index is 0.185. The Morgan fingerprint density at radius 2 is 1.95 bits per heavy atom. The van der Waals surface area contributed by atoms with Gasteiger partial charge in [-0.25, -0.2) is 9.37 Å². The molecule has 1 heterocycles. The van der Waals surface area contributed by atoms with Crippen LogP contribution in [0.1, 0.15) is 31.5 Å². The van der Waals surface area contributed by atoms with Crippen LogP contribution < -0.4 is 0 Å². The first-order valence-corrected chi connectivity index (χ1v) is 8.50. The monoisotopic (exact) mass is 306 g/mol. The van der Waals surface area contributed by atoms with Gasteiger partial charge in [-0.05, 0) is 61.6 Å². The number of imidazole rings is 1. The maximum atomic E-state index is 13.6. The fourth-order valence-electron chi connectivity index (χ4n) is 3.57. The Bertz CT molecular complexity index is 646. The van der Waals surface area contributed by atoms with Crippen LogP contribution in [0.15, 0.2) is 18.2 Å². The first-order valence-electron chi connectivity index (χ1n) is 7.97. The van der Waals surface area contributed by atoms with Gasteiger partial charge in [0.25, 0.3) is 0 Å². The van der Waals surface area contributed by atoms with Crippen molar-refractivity contribution in [3.05, 3.63) is 29.8 Å². The number of benzene rings is 1. The van der Waals surface area contributed by atoms with Crippen LogP contribution in [0, 0.1) is 23.6 Å². The van der Waals surface area contributed by atoms with Gasteiger partial charge in [0.15, 0.2) is 0 Å². The lowest BCUT2D eigenvalue weighted by molar-refractivity contribution is 0.349. The number of hydrogen-bond donors (Lipinski definition) is 0. The van der Waals surface area contributed by atoms with Crippen LogP contribution in [0.25, 0.3) is 11.0 Å². The van der Waals surface area contributed by atoms with E-state index >= 15 is 0 Å². The average Bonchev–Trinajstić information content (AvgIpc) is 3.35. The standard InChI is InChI=1S/C17H20ClFN2/c18-8-7-17-20-15-6-5-13(19)9-16(15)21(17)10-14(11-1-2-11)12-3-4-12/h5-6,9,11-12,14H,1-4,7-8,10H2. The summed E-state index contributed by atoms with van der Waals surface area (Å²) in [4.78, 5) is 4.67. The molecule has 4 rings (SSSR count). The number of nitrogens with zero attached hydrogens (tertiary/aromatic N) is 2.